The summed E-state index contributed by atoms with van der Waals surface area (Å²) in [4.78, 5) is 3.87. The minimum Gasteiger partial charge on any atom is -0.375 e. The van der Waals surface area contributed by atoms with E-state index in [2.05, 4.69) is 15.5 Å². The Labute approximate surface area is 105 Å². The molecule has 0 fully saturated rings. The Morgan fingerprint density at radius 3 is 2.58 bits per heavy atom. The number of benzene rings is 1. The topological polar surface area (TPSA) is 51.0 Å². The molecule has 0 radical (unpaired) electrons. The van der Waals surface area contributed by atoms with Crippen molar-refractivity contribution >= 4 is 5.69 Å². The lowest BCUT2D eigenvalue weighted by Crippen LogP contribution is -2.08. The van der Waals surface area contributed by atoms with Crippen LogP contribution >= 0.6 is 0 Å². The van der Waals surface area contributed by atoms with Crippen LogP contribution in [0, 0.1) is 12.7 Å². The first-order valence-corrected chi connectivity index (χ1v) is 5.26. The molecule has 0 spiro atoms. The van der Waals surface area contributed by atoms with E-state index in [0.29, 0.717) is 12.0 Å². The van der Waals surface area contributed by atoms with E-state index in [1.807, 2.05) is 0 Å². The summed E-state index contributed by atoms with van der Waals surface area (Å²) in [7, 11) is 0. The van der Waals surface area contributed by atoms with Crippen molar-refractivity contribution in [2.24, 2.45) is 0 Å². The summed E-state index contributed by atoms with van der Waals surface area (Å²) in [6.45, 7) is 1.65. The summed E-state index contributed by atoms with van der Waals surface area (Å²) in [5.74, 6) is -0.350. The lowest BCUT2D eigenvalue weighted by Gasteiger charge is -2.09. The van der Waals surface area contributed by atoms with Gasteiger partial charge in [0.25, 0.3) is 0 Å². The van der Waals surface area contributed by atoms with Gasteiger partial charge in [0.2, 0.25) is 5.89 Å². The van der Waals surface area contributed by atoms with E-state index in [1.54, 1.807) is 6.92 Å². The molecule has 0 amide bonds. The molecule has 2 rings (SSSR count). The number of aryl methyl sites for hydroxylation is 1. The third-order valence-electron chi connectivity index (χ3n) is 2.30. The van der Waals surface area contributed by atoms with Crippen molar-refractivity contribution in [3.8, 4) is 0 Å². The van der Waals surface area contributed by atoms with Gasteiger partial charge in [0, 0.05) is 6.92 Å². The van der Waals surface area contributed by atoms with Gasteiger partial charge in [0.15, 0.2) is 5.82 Å². The first kappa shape index (κ1) is 13.3. The number of rotatable bonds is 3. The van der Waals surface area contributed by atoms with Crippen LogP contribution < -0.4 is 5.32 Å². The fraction of sp³-hybridized carbons (Fsp3) is 0.273. The summed E-state index contributed by atoms with van der Waals surface area (Å²) in [5, 5.41) is 6.16. The van der Waals surface area contributed by atoms with Crippen molar-refractivity contribution in [2.75, 3.05) is 5.32 Å². The molecule has 1 heterocycles. The normalized spacial score (nSPS) is 11.6. The molecule has 0 aliphatic carbocycles. The molecule has 1 aromatic carbocycles. The molecule has 0 aliphatic rings. The van der Waals surface area contributed by atoms with E-state index < -0.39 is 17.6 Å². The standard InChI is InChI=1S/C11H9F4N3O/c1-6-17-10(18-19-6)5-16-9-3-2-7(4-8(9)12)11(13,14)15/h2-4,16H,5H2,1H3. The summed E-state index contributed by atoms with van der Waals surface area (Å²) in [5.41, 5.74) is -1.10. The summed E-state index contributed by atoms with van der Waals surface area (Å²) in [6.07, 6.45) is -4.57. The number of aromatic nitrogens is 2. The molecular formula is C11H9F4N3O. The van der Waals surface area contributed by atoms with Crippen molar-refractivity contribution in [1.29, 1.82) is 0 Å². The second-order valence-electron chi connectivity index (χ2n) is 3.78. The number of halogens is 4. The van der Waals surface area contributed by atoms with Gasteiger partial charge in [-0.05, 0) is 18.2 Å². The van der Waals surface area contributed by atoms with Gasteiger partial charge in [-0.2, -0.15) is 18.2 Å². The Morgan fingerprint density at radius 2 is 2.05 bits per heavy atom. The van der Waals surface area contributed by atoms with Gasteiger partial charge in [-0.1, -0.05) is 5.16 Å². The van der Waals surface area contributed by atoms with Gasteiger partial charge in [0.1, 0.15) is 5.82 Å². The maximum absolute atomic E-state index is 13.5. The Balaban J connectivity index is 2.09. The number of nitrogens with one attached hydrogen (secondary N) is 1. The van der Waals surface area contributed by atoms with Crippen molar-refractivity contribution in [2.45, 2.75) is 19.6 Å². The number of hydrogen-bond donors (Lipinski definition) is 1. The third kappa shape index (κ3) is 3.21. The van der Waals surface area contributed by atoms with E-state index in [9.17, 15) is 17.6 Å². The van der Waals surface area contributed by atoms with Gasteiger partial charge >= 0.3 is 6.18 Å². The zero-order valence-corrected chi connectivity index (χ0v) is 9.75. The predicted molar refractivity (Wildman–Crippen MR) is 57.8 cm³/mol. The molecule has 8 heteroatoms. The lowest BCUT2D eigenvalue weighted by atomic mass is 10.2. The van der Waals surface area contributed by atoms with E-state index in [1.165, 1.54) is 0 Å². The van der Waals surface area contributed by atoms with E-state index in [4.69, 9.17) is 4.52 Å². The van der Waals surface area contributed by atoms with Gasteiger partial charge in [-0.15, -0.1) is 0 Å². The van der Waals surface area contributed by atoms with E-state index in [-0.39, 0.29) is 18.1 Å². The molecule has 0 aliphatic heterocycles. The van der Waals surface area contributed by atoms with Crippen LogP contribution in [0.1, 0.15) is 17.3 Å². The van der Waals surface area contributed by atoms with Gasteiger partial charge in [0.05, 0.1) is 17.8 Å². The molecule has 4 nitrogen and oxygen atoms in total. The Hall–Kier alpha value is -2.12. The molecule has 2 aromatic rings. The highest BCUT2D eigenvalue weighted by atomic mass is 19.4. The second kappa shape index (κ2) is 4.87. The van der Waals surface area contributed by atoms with Crippen molar-refractivity contribution in [1.82, 2.24) is 10.1 Å². The van der Waals surface area contributed by atoms with Crippen LogP contribution in [0.3, 0.4) is 0 Å². The highest BCUT2D eigenvalue weighted by Crippen LogP contribution is 2.31. The van der Waals surface area contributed by atoms with Crippen LogP contribution in [-0.4, -0.2) is 10.1 Å². The van der Waals surface area contributed by atoms with Crippen LogP contribution in [0.2, 0.25) is 0 Å². The van der Waals surface area contributed by atoms with Gasteiger partial charge in [-0.3, -0.25) is 0 Å². The van der Waals surface area contributed by atoms with Crippen molar-refractivity contribution in [3.63, 3.8) is 0 Å². The van der Waals surface area contributed by atoms with Crippen LogP contribution in [0.25, 0.3) is 0 Å². The first-order valence-electron chi connectivity index (χ1n) is 5.26. The smallest absolute Gasteiger partial charge is 0.375 e. The molecule has 0 bridgehead atoms. The van der Waals surface area contributed by atoms with Crippen LogP contribution in [0.5, 0.6) is 0 Å². The molecule has 102 valence electrons. The van der Waals surface area contributed by atoms with Crippen molar-refractivity contribution in [3.05, 3.63) is 41.3 Å². The fourth-order valence-corrected chi connectivity index (χ4v) is 1.42. The number of hydrogen-bond acceptors (Lipinski definition) is 4. The minimum atomic E-state index is -4.57. The fourth-order valence-electron chi connectivity index (χ4n) is 1.42. The SMILES string of the molecule is Cc1nc(CNc2ccc(C(F)(F)F)cc2F)no1. The summed E-state index contributed by atoms with van der Waals surface area (Å²) < 4.78 is 55.2. The highest BCUT2D eigenvalue weighted by molar-refractivity contribution is 5.46. The first-order chi connectivity index (χ1) is 8.86. The number of nitrogens with zero attached hydrogens (tertiary/aromatic N) is 2. The highest BCUT2D eigenvalue weighted by Gasteiger charge is 2.31. The van der Waals surface area contributed by atoms with E-state index in [0.717, 1.165) is 12.1 Å². The monoisotopic (exact) mass is 275 g/mol. The maximum atomic E-state index is 13.5. The zero-order valence-electron chi connectivity index (χ0n) is 9.75. The summed E-state index contributed by atoms with van der Waals surface area (Å²) >= 11 is 0. The molecule has 1 aromatic heterocycles. The third-order valence-corrected chi connectivity index (χ3v) is 2.30. The largest absolute Gasteiger partial charge is 0.416 e. The van der Waals surface area contributed by atoms with Crippen molar-refractivity contribution < 1.29 is 22.1 Å². The average molecular weight is 275 g/mol. The van der Waals surface area contributed by atoms with Crippen LogP contribution in [-0.2, 0) is 12.7 Å². The van der Waals surface area contributed by atoms with E-state index >= 15 is 0 Å². The van der Waals surface area contributed by atoms with Gasteiger partial charge < -0.3 is 9.84 Å². The molecule has 0 unspecified atom stereocenters. The summed E-state index contributed by atoms with van der Waals surface area (Å²) in [6, 6.07) is 2.25. The Kier molecular flexibility index (Phi) is 3.41. The molecule has 0 saturated carbocycles. The zero-order chi connectivity index (χ0) is 14.0. The molecule has 0 saturated heterocycles. The molecule has 19 heavy (non-hydrogen) atoms. The Morgan fingerprint density at radius 1 is 1.32 bits per heavy atom. The predicted octanol–water partition coefficient (Wildman–Crippen LogP) is 3.15. The molecular weight excluding hydrogens is 266 g/mol. The van der Waals surface area contributed by atoms with Crippen LogP contribution in [0.15, 0.2) is 22.7 Å². The van der Waals surface area contributed by atoms with Crippen LogP contribution in [0.4, 0.5) is 23.2 Å². The molecule has 0 atom stereocenters. The Bertz CT molecular complexity index is 580. The number of anilines is 1. The lowest BCUT2D eigenvalue weighted by molar-refractivity contribution is -0.137. The molecule has 1 N–H and O–H groups in total. The minimum absolute atomic E-state index is 0.0552. The quantitative estimate of drug-likeness (QED) is 0.874. The number of alkyl halides is 3. The maximum Gasteiger partial charge on any atom is 0.416 e. The van der Waals surface area contributed by atoms with Gasteiger partial charge in [-0.25, -0.2) is 4.39 Å². The second-order valence-corrected chi connectivity index (χ2v) is 3.78. The average Bonchev–Trinajstić information content (AvgIpc) is 2.72.